The fraction of sp³-hybridized carbons (Fsp3) is 0.350. The Hall–Kier alpha value is -2.13. The Morgan fingerprint density at radius 1 is 1.13 bits per heavy atom. The molecule has 3 heteroatoms. The molecule has 1 amide bonds. The number of unbranched alkanes of at least 4 members (excludes halogenated alkanes) is 1. The molecule has 0 N–H and O–H groups in total. The third-order valence-electron chi connectivity index (χ3n) is 5.03. The molecule has 0 aliphatic carbocycles. The number of ether oxygens (including phenoxy) is 1. The van der Waals surface area contributed by atoms with E-state index in [-0.39, 0.29) is 11.9 Å². The van der Waals surface area contributed by atoms with Crippen LogP contribution in [-0.2, 0) is 10.5 Å². The number of hydrogen-bond acceptors (Lipinski definition) is 2. The summed E-state index contributed by atoms with van der Waals surface area (Å²) in [4.78, 5) is 15.1. The number of carbonyl (C=O) groups excluding carboxylic acids is 1. The molecule has 2 aliphatic heterocycles. The van der Waals surface area contributed by atoms with Gasteiger partial charge >= 0.3 is 0 Å². The molecule has 2 heterocycles. The summed E-state index contributed by atoms with van der Waals surface area (Å²) in [5.74, 6) is 0.100. The van der Waals surface area contributed by atoms with Crippen molar-refractivity contribution in [2.75, 3.05) is 6.61 Å². The lowest BCUT2D eigenvalue weighted by molar-refractivity contribution is -0.0748. The van der Waals surface area contributed by atoms with Gasteiger partial charge in [-0.2, -0.15) is 0 Å². The minimum Gasteiger partial charge on any atom is -0.349 e. The van der Waals surface area contributed by atoms with Crippen molar-refractivity contribution in [2.24, 2.45) is 0 Å². The number of carbonyl (C=O) groups is 1. The highest BCUT2D eigenvalue weighted by Gasteiger charge is 2.57. The maximum absolute atomic E-state index is 13.1. The van der Waals surface area contributed by atoms with Gasteiger partial charge in [-0.25, -0.2) is 0 Å². The topological polar surface area (TPSA) is 29.5 Å². The van der Waals surface area contributed by atoms with E-state index in [1.807, 2.05) is 41.3 Å². The molecule has 0 spiro atoms. The van der Waals surface area contributed by atoms with Gasteiger partial charge in [0.1, 0.15) is 0 Å². The van der Waals surface area contributed by atoms with Gasteiger partial charge in [0.2, 0.25) is 0 Å². The monoisotopic (exact) mass is 307 g/mol. The molecule has 0 unspecified atom stereocenters. The van der Waals surface area contributed by atoms with E-state index in [0.717, 1.165) is 36.0 Å². The van der Waals surface area contributed by atoms with Gasteiger partial charge in [-0.1, -0.05) is 61.9 Å². The molecule has 2 aromatic carbocycles. The predicted octanol–water partition coefficient (Wildman–Crippen LogP) is 4.26. The summed E-state index contributed by atoms with van der Waals surface area (Å²) in [5, 5.41) is 0. The van der Waals surface area contributed by atoms with Crippen molar-refractivity contribution in [3.63, 3.8) is 0 Å². The normalized spacial score (nSPS) is 25.5. The van der Waals surface area contributed by atoms with E-state index in [1.54, 1.807) is 0 Å². The number of benzene rings is 2. The molecule has 3 nitrogen and oxygen atoms in total. The Bertz CT molecular complexity index is 727. The van der Waals surface area contributed by atoms with Gasteiger partial charge in [-0.15, -0.1) is 0 Å². The number of rotatable bonds is 4. The summed E-state index contributed by atoms with van der Waals surface area (Å²) < 4.78 is 6.34. The van der Waals surface area contributed by atoms with Crippen LogP contribution in [0.15, 0.2) is 54.6 Å². The van der Waals surface area contributed by atoms with Crippen LogP contribution in [0.1, 0.15) is 53.7 Å². The van der Waals surface area contributed by atoms with Gasteiger partial charge in [-0.05, 0) is 24.5 Å². The van der Waals surface area contributed by atoms with Crippen molar-refractivity contribution in [1.29, 1.82) is 0 Å². The molecule has 4 rings (SSSR count). The van der Waals surface area contributed by atoms with Gasteiger partial charge in [0.05, 0.1) is 12.6 Å². The Labute approximate surface area is 136 Å². The van der Waals surface area contributed by atoms with Crippen LogP contribution < -0.4 is 0 Å². The first kappa shape index (κ1) is 14.5. The van der Waals surface area contributed by atoms with E-state index in [2.05, 4.69) is 25.1 Å². The lowest BCUT2D eigenvalue weighted by Gasteiger charge is -2.34. The number of nitrogens with zero attached hydrogens (tertiary/aromatic N) is 1. The first-order valence-electron chi connectivity index (χ1n) is 8.40. The van der Waals surface area contributed by atoms with Crippen LogP contribution in [0.5, 0.6) is 0 Å². The Balaban J connectivity index is 1.81. The van der Waals surface area contributed by atoms with Crippen LogP contribution >= 0.6 is 0 Å². The van der Waals surface area contributed by atoms with E-state index in [9.17, 15) is 4.79 Å². The van der Waals surface area contributed by atoms with Crippen LogP contribution in [0.2, 0.25) is 0 Å². The van der Waals surface area contributed by atoms with E-state index in [1.165, 1.54) is 0 Å². The largest absolute Gasteiger partial charge is 0.349 e. The van der Waals surface area contributed by atoms with Crippen LogP contribution in [0.4, 0.5) is 0 Å². The SMILES string of the molecule is CCCC[C@@]12OC[C@@H](c3ccccc3)N1C(=O)c1ccccc12. The van der Waals surface area contributed by atoms with Crippen molar-refractivity contribution in [1.82, 2.24) is 4.90 Å². The fourth-order valence-electron chi connectivity index (χ4n) is 3.93. The molecule has 0 radical (unpaired) electrons. The molecule has 0 saturated carbocycles. The number of hydrogen-bond donors (Lipinski definition) is 0. The Morgan fingerprint density at radius 2 is 1.87 bits per heavy atom. The average Bonchev–Trinajstić information content (AvgIpc) is 3.10. The molecule has 2 aromatic rings. The van der Waals surface area contributed by atoms with Crippen LogP contribution in [0.3, 0.4) is 0 Å². The van der Waals surface area contributed by atoms with Crippen LogP contribution in [0, 0.1) is 0 Å². The quantitative estimate of drug-likeness (QED) is 0.845. The smallest absolute Gasteiger partial charge is 0.257 e. The summed E-state index contributed by atoms with van der Waals surface area (Å²) in [5.41, 5.74) is 2.40. The lowest BCUT2D eigenvalue weighted by atomic mass is 9.96. The zero-order chi connectivity index (χ0) is 15.9. The second kappa shape index (κ2) is 5.50. The summed E-state index contributed by atoms with van der Waals surface area (Å²) in [7, 11) is 0. The van der Waals surface area contributed by atoms with Gasteiger partial charge in [0.15, 0.2) is 5.72 Å². The van der Waals surface area contributed by atoms with Crippen molar-refractivity contribution < 1.29 is 9.53 Å². The Kier molecular flexibility index (Phi) is 3.46. The molecule has 2 atom stereocenters. The highest BCUT2D eigenvalue weighted by atomic mass is 16.5. The maximum atomic E-state index is 13.1. The van der Waals surface area contributed by atoms with Gasteiger partial charge in [0.25, 0.3) is 5.91 Å². The molecule has 0 aromatic heterocycles. The first-order valence-corrected chi connectivity index (χ1v) is 8.40. The molecule has 0 bridgehead atoms. The van der Waals surface area contributed by atoms with Crippen LogP contribution in [-0.4, -0.2) is 17.4 Å². The molecular formula is C20H21NO2. The van der Waals surface area contributed by atoms with Gasteiger partial charge in [0, 0.05) is 11.1 Å². The maximum Gasteiger partial charge on any atom is 0.257 e. The van der Waals surface area contributed by atoms with E-state index >= 15 is 0 Å². The minimum atomic E-state index is -0.579. The minimum absolute atomic E-state index is 0.00652. The zero-order valence-electron chi connectivity index (χ0n) is 13.4. The van der Waals surface area contributed by atoms with Crippen molar-refractivity contribution in [3.05, 3.63) is 71.3 Å². The van der Waals surface area contributed by atoms with E-state index < -0.39 is 5.72 Å². The second-order valence-corrected chi connectivity index (χ2v) is 6.35. The van der Waals surface area contributed by atoms with Gasteiger partial charge < -0.3 is 4.74 Å². The average molecular weight is 307 g/mol. The van der Waals surface area contributed by atoms with Crippen molar-refractivity contribution in [2.45, 2.75) is 38.0 Å². The molecule has 1 fully saturated rings. The van der Waals surface area contributed by atoms with Crippen molar-refractivity contribution in [3.8, 4) is 0 Å². The number of amides is 1. The highest BCUT2D eigenvalue weighted by molar-refractivity contribution is 6.00. The standard InChI is InChI=1S/C20H21NO2/c1-2-3-13-20-17-12-8-7-11-16(17)19(22)21(20)18(14-23-20)15-9-5-4-6-10-15/h4-12,18H,2-3,13-14H2,1H3/t18-,20-/m0/s1. The second-order valence-electron chi connectivity index (χ2n) is 6.35. The highest BCUT2D eigenvalue weighted by Crippen LogP contribution is 2.52. The van der Waals surface area contributed by atoms with Crippen LogP contribution in [0.25, 0.3) is 0 Å². The molecule has 2 aliphatic rings. The van der Waals surface area contributed by atoms with Gasteiger partial charge in [-0.3, -0.25) is 9.69 Å². The third kappa shape index (κ3) is 2.03. The number of fused-ring (bicyclic) bond motifs is 3. The summed E-state index contributed by atoms with van der Waals surface area (Å²) in [6.07, 6.45) is 2.99. The zero-order valence-corrected chi connectivity index (χ0v) is 13.4. The van der Waals surface area contributed by atoms with E-state index in [0.29, 0.717) is 6.61 Å². The Morgan fingerprint density at radius 3 is 2.65 bits per heavy atom. The third-order valence-corrected chi connectivity index (χ3v) is 5.03. The first-order chi connectivity index (χ1) is 11.3. The molecular weight excluding hydrogens is 286 g/mol. The summed E-state index contributed by atoms with van der Waals surface area (Å²) >= 11 is 0. The predicted molar refractivity (Wildman–Crippen MR) is 88.9 cm³/mol. The molecule has 23 heavy (non-hydrogen) atoms. The van der Waals surface area contributed by atoms with E-state index in [4.69, 9.17) is 4.74 Å². The summed E-state index contributed by atoms with van der Waals surface area (Å²) in [6, 6.07) is 18.1. The fourth-order valence-corrected chi connectivity index (χ4v) is 3.93. The van der Waals surface area contributed by atoms with Crippen molar-refractivity contribution >= 4 is 5.91 Å². The molecule has 118 valence electrons. The molecule has 1 saturated heterocycles. The lowest BCUT2D eigenvalue weighted by Crippen LogP contribution is -2.40. The summed E-state index contributed by atoms with van der Waals surface area (Å²) in [6.45, 7) is 2.74.